The van der Waals surface area contributed by atoms with Crippen molar-refractivity contribution >= 4 is 22.6 Å². The molecule has 0 aliphatic carbocycles. The highest BCUT2D eigenvalue weighted by molar-refractivity contribution is 6.34. The Morgan fingerprint density at radius 1 is 1.41 bits per heavy atom. The molecule has 3 heteroatoms. The molecule has 0 radical (unpaired) electrons. The number of furan rings is 1. The van der Waals surface area contributed by atoms with Crippen molar-refractivity contribution in [2.24, 2.45) is 0 Å². The third-order valence-corrected chi connectivity index (χ3v) is 3.35. The molecule has 0 spiro atoms. The van der Waals surface area contributed by atoms with E-state index in [1.807, 2.05) is 25.2 Å². The van der Waals surface area contributed by atoms with Crippen LogP contribution < -0.4 is 5.32 Å². The van der Waals surface area contributed by atoms with E-state index in [1.54, 1.807) is 0 Å². The summed E-state index contributed by atoms with van der Waals surface area (Å²) in [6.07, 6.45) is 3.47. The topological polar surface area (TPSA) is 25.2 Å². The lowest BCUT2D eigenvalue weighted by atomic mass is 10.1. The molecule has 0 amide bonds. The first-order chi connectivity index (χ1) is 8.26. The van der Waals surface area contributed by atoms with Gasteiger partial charge in [-0.2, -0.15) is 0 Å². The molecule has 2 rings (SSSR count). The average molecular weight is 252 g/mol. The number of fused-ring (bicyclic) bond motifs is 1. The molecular weight excluding hydrogens is 234 g/mol. The molecular formula is C14H18ClNO. The van der Waals surface area contributed by atoms with Gasteiger partial charge in [-0.05, 0) is 25.6 Å². The number of hydrogen-bond donors (Lipinski definition) is 1. The number of halogens is 1. The molecule has 2 nitrogen and oxygen atoms in total. The van der Waals surface area contributed by atoms with Gasteiger partial charge < -0.3 is 9.73 Å². The molecule has 0 bridgehead atoms. The Bertz CT molecular complexity index is 492. The van der Waals surface area contributed by atoms with E-state index in [9.17, 15) is 0 Å². The third kappa shape index (κ3) is 2.64. The lowest BCUT2D eigenvalue weighted by Crippen LogP contribution is -2.15. The molecule has 0 aliphatic heterocycles. The standard InChI is InChI=1S/C14H18ClNO/c1-3-4-8-12(16-2)13-9-10-6-5-7-11(15)14(10)17-13/h5-7,9,12,16H,3-4,8H2,1-2H3. The van der Waals surface area contributed by atoms with Crippen LogP contribution in [0.4, 0.5) is 0 Å². The summed E-state index contributed by atoms with van der Waals surface area (Å²) in [5.74, 6) is 0.976. The zero-order valence-corrected chi connectivity index (χ0v) is 11.1. The van der Waals surface area contributed by atoms with E-state index in [0.717, 1.165) is 23.2 Å². The molecule has 0 fully saturated rings. The van der Waals surface area contributed by atoms with Crippen LogP contribution in [0.3, 0.4) is 0 Å². The van der Waals surface area contributed by atoms with E-state index in [0.29, 0.717) is 5.02 Å². The summed E-state index contributed by atoms with van der Waals surface area (Å²) < 4.78 is 5.85. The van der Waals surface area contributed by atoms with Gasteiger partial charge in [0.25, 0.3) is 0 Å². The molecule has 0 aliphatic rings. The first-order valence-corrected chi connectivity index (χ1v) is 6.49. The number of rotatable bonds is 5. The largest absolute Gasteiger partial charge is 0.458 e. The average Bonchev–Trinajstić information content (AvgIpc) is 2.75. The maximum Gasteiger partial charge on any atom is 0.152 e. The minimum Gasteiger partial charge on any atom is -0.458 e. The number of benzene rings is 1. The molecule has 1 atom stereocenters. The summed E-state index contributed by atoms with van der Waals surface area (Å²) in [6, 6.07) is 8.19. The highest BCUT2D eigenvalue weighted by Gasteiger charge is 2.15. The zero-order chi connectivity index (χ0) is 12.3. The van der Waals surface area contributed by atoms with Crippen molar-refractivity contribution in [1.29, 1.82) is 0 Å². The second-order valence-electron chi connectivity index (χ2n) is 4.29. The molecule has 1 N–H and O–H groups in total. The van der Waals surface area contributed by atoms with Crippen LogP contribution in [0.25, 0.3) is 11.0 Å². The van der Waals surface area contributed by atoms with E-state index in [-0.39, 0.29) is 6.04 Å². The van der Waals surface area contributed by atoms with Crippen molar-refractivity contribution in [2.45, 2.75) is 32.2 Å². The molecule has 0 saturated carbocycles. The summed E-state index contributed by atoms with van der Waals surface area (Å²) in [5.41, 5.74) is 0.793. The number of para-hydroxylation sites is 1. The highest BCUT2D eigenvalue weighted by Crippen LogP contribution is 2.30. The minimum absolute atomic E-state index is 0.276. The quantitative estimate of drug-likeness (QED) is 0.844. The van der Waals surface area contributed by atoms with Gasteiger partial charge in [0.15, 0.2) is 5.58 Å². The monoisotopic (exact) mass is 251 g/mol. The Kier molecular flexibility index (Phi) is 4.08. The second kappa shape index (κ2) is 5.56. The van der Waals surface area contributed by atoms with Gasteiger partial charge in [0.2, 0.25) is 0 Å². The Morgan fingerprint density at radius 3 is 2.88 bits per heavy atom. The van der Waals surface area contributed by atoms with Crippen molar-refractivity contribution in [3.05, 3.63) is 35.0 Å². The lowest BCUT2D eigenvalue weighted by molar-refractivity contribution is 0.423. The molecule has 1 heterocycles. The van der Waals surface area contributed by atoms with E-state index < -0.39 is 0 Å². The number of nitrogens with one attached hydrogen (secondary N) is 1. The van der Waals surface area contributed by atoms with Crippen LogP contribution in [0.2, 0.25) is 5.02 Å². The summed E-state index contributed by atoms with van der Waals surface area (Å²) in [5, 5.41) is 5.05. The summed E-state index contributed by atoms with van der Waals surface area (Å²) in [4.78, 5) is 0. The van der Waals surface area contributed by atoms with Crippen molar-refractivity contribution < 1.29 is 4.42 Å². The second-order valence-corrected chi connectivity index (χ2v) is 4.70. The predicted molar refractivity (Wildman–Crippen MR) is 72.5 cm³/mol. The van der Waals surface area contributed by atoms with Gasteiger partial charge in [-0.3, -0.25) is 0 Å². The van der Waals surface area contributed by atoms with Crippen molar-refractivity contribution in [3.63, 3.8) is 0 Å². The molecule has 1 aromatic heterocycles. The molecule has 1 aromatic carbocycles. The molecule has 2 aromatic rings. The molecule has 1 unspecified atom stereocenters. The fourth-order valence-corrected chi connectivity index (χ4v) is 2.28. The van der Waals surface area contributed by atoms with Gasteiger partial charge >= 0.3 is 0 Å². The van der Waals surface area contributed by atoms with E-state index >= 15 is 0 Å². The van der Waals surface area contributed by atoms with E-state index in [1.165, 1.54) is 12.8 Å². The zero-order valence-electron chi connectivity index (χ0n) is 10.3. The Balaban J connectivity index is 2.31. The first kappa shape index (κ1) is 12.5. The Labute approximate surface area is 107 Å². The lowest BCUT2D eigenvalue weighted by Gasteiger charge is -2.12. The maximum atomic E-state index is 6.11. The number of hydrogen-bond acceptors (Lipinski definition) is 2. The van der Waals surface area contributed by atoms with Crippen LogP contribution in [0.1, 0.15) is 38.0 Å². The summed E-state index contributed by atoms with van der Waals surface area (Å²) in [7, 11) is 1.97. The van der Waals surface area contributed by atoms with Gasteiger partial charge in [-0.25, -0.2) is 0 Å². The normalized spacial score (nSPS) is 13.1. The van der Waals surface area contributed by atoms with Crippen LogP contribution in [-0.4, -0.2) is 7.05 Å². The van der Waals surface area contributed by atoms with E-state index in [4.69, 9.17) is 16.0 Å². The van der Waals surface area contributed by atoms with Crippen LogP contribution in [-0.2, 0) is 0 Å². The van der Waals surface area contributed by atoms with Crippen molar-refractivity contribution in [3.8, 4) is 0 Å². The third-order valence-electron chi connectivity index (χ3n) is 3.05. The van der Waals surface area contributed by atoms with Crippen LogP contribution >= 0.6 is 11.6 Å². The molecule has 17 heavy (non-hydrogen) atoms. The molecule has 0 saturated heterocycles. The van der Waals surface area contributed by atoms with E-state index in [2.05, 4.69) is 18.3 Å². The molecule has 92 valence electrons. The van der Waals surface area contributed by atoms with Gasteiger partial charge in [-0.15, -0.1) is 0 Å². The van der Waals surface area contributed by atoms with Gasteiger partial charge in [0.1, 0.15) is 5.76 Å². The van der Waals surface area contributed by atoms with Gasteiger partial charge in [0, 0.05) is 5.39 Å². The van der Waals surface area contributed by atoms with Crippen molar-refractivity contribution in [2.75, 3.05) is 7.05 Å². The first-order valence-electron chi connectivity index (χ1n) is 6.11. The minimum atomic E-state index is 0.276. The predicted octanol–water partition coefficient (Wildman–Crippen LogP) is 4.54. The SMILES string of the molecule is CCCCC(NC)c1cc2cccc(Cl)c2o1. The fraction of sp³-hybridized carbons (Fsp3) is 0.429. The van der Waals surface area contributed by atoms with Crippen LogP contribution in [0, 0.1) is 0 Å². The fourth-order valence-electron chi connectivity index (χ4n) is 2.06. The Morgan fingerprint density at radius 2 is 2.24 bits per heavy atom. The maximum absolute atomic E-state index is 6.11. The van der Waals surface area contributed by atoms with Crippen molar-refractivity contribution in [1.82, 2.24) is 5.32 Å². The van der Waals surface area contributed by atoms with Gasteiger partial charge in [0.05, 0.1) is 11.1 Å². The summed E-state index contributed by atoms with van der Waals surface area (Å²) in [6.45, 7) is 2.20. The highest BCUT2D eigenvalue weighted by atomic mass is 35.5. The smallest absolute Gasteiger partial charge is 0.152 e. The van der Waals surface area contributed by atoms with Crippen LogP contribution in [0.15, 0.2) is 28.7 Å². The Hall–Kier alpha value is -0.990. The van der Waals surface area contributed by atoms with Gasteiger partial charge in [-0.1, -0.05) is 43.5 Å². The summed E-state index contributed by atoms with van der Waals surface area (Å²) >= 11 is 6.11. The number of unbranched alkanes of at least 4 members (excludes halogenated alkanes) is 1. The van der Waals surface area contributed by atoms with Crippen LogP contribution in [0.5, 0.6) is 0 Å².